The van der Waals surface area contributed by atoms with Gasteiger partial charge in [0.25, 0.3) is 0 Å². The Labute approximate surface area is 154 Å². The van der Waals surface area contributed by atoms with E-state index < -0.39 is 6.10 Å². The maximum Gasteiger partial charge on any atom is 0.157 e. The molecule has 1 fully saturated rings. The molecule has 0 aliphatic carbocycles. The molecule has 1 N–H and O–H groups in total. The topological polar surface area (TPSA) is 57.2 Å². The average molecular weight is 358 g/mol. The lowest BCUT2D eigenvalue weighted by Crippen LogP contribution is -2.15. The highest BCUT2D eigenvalue weighted by molar-refractivity contribution is 5.34. The van der Waals surface area contributed by atoms with Gasteiger partial charge in [-0.15, -0.1) is 0 Å². The summed E-state index contributed by atoms with van der Waals surface area (Å²) < 4.78 is 21.6. The maximum absolute atomic E-state index is 11.0. The van der Waals surface area contributed by atoms with Crippen molar-refractivity contribution in [3.63, 3.8) is 0 Å². The molecular formula is C21H26O5. The molecule has 140 valence electrons. The summed E-state index contributed by atoms with van der Waals surface area (Å²) in [6, 6.07) is 15.4. The van der Waals surface area contributed by atoms with E-state index in [1.54, 1.807) is 14.2 Å². The molecule has 5 heteroatoms. The normalized spacial score (nSPS) is 17.0. The summed E-state index contributed by atoms with van der Waals surface area (Å²) in [4.78, 5) is 0. The molecule has 2 aromatic carbocycles. The fourth-order valence-corrected chi connectivity index (χ4v) is 3.28. The molecule has 0 unspecified atom stereocenters. The number of hydrogen-bond donors (Lipinski definition) is 1. The molecular weight excluding hydrogens is 332 g/mol. The predicted molar refractivity (Wildman–Crippen MR) is 98.6 cm³/mol. The quantitative estimate of drug-likeness (QED) is 0.780. The van der Waals surface area contributed by atoms with Crippen molar-refractivity contribution >= 4 is 0 Å². The minimum atomic E-state index is -0.629. The third-order valence-corrected chi connectivity index (χ3v) is 4.79. The molecule has 1 heterocycles. The summed E-state index contributed by atoms with van der Waals surface area (Å²) in [7, 11) is 3.28. The lowest BCUT2D eigenvalue weighted by Gasteiger charge is -2.25. The average Bonchev–Trinajstić information content (AvgIpc) is 3.22. The molecule has 3 rings (SSSR count). The van der Waals surface area contributed by atoms with Crippen LogP contribution < -0.4 is 9.47 Å². The second-order valence-corrected chi connectivity index (χ2v) is 6.35. The van der Waals surface area contributed by atoms with E-state index in [-0.39, 0.29) is 12.2 Å². The smallest absolute Gasteiger partial charge is 0.157 e. The van der Waals surface area contributed by atoms with Gasteiger partial charge >= 0.3 is 0 Å². The van der Waals surface area contributed by atoms with Crippen LogP contribution in [0.3, 0.4) is 0 Å². The van der Waals surface area contributed by atoms with Crippen LogP contribution in [0, 0.1) is 0 Å². The highest BCUT2D eigenvalue weighted by Gasteiger charge is 2.26. The van der Waals surface area contributed by atoms with Gasteiger partial charge in [0.15, 0.2) is 6.29 Å². The monoisotopic (exact) mass is 358 g/mol. The van der Waals surface area contributed by atoms with Gasteiger partial charge in [-0.2, -0.15) is 0 Å². The number of aliphatic hydroxyl groups excluding tert-OH is 1. The molecule has 2 atom stereocenters. The highest BCUT2D eigenvalue weighted by Crippen LogP contribution is 2.36. The van der Waals surface area contributed by atoms with Crippen molar-refractivity contribution < 1.29 is 24.1 Å². The van der Waals surface area contributed by atoms with Gasteiger partial charge in [0.05, 0.1) is 33.5 Å². The lowest BCUT2D eigenvalue weighted by molar-refractivity contribution is -0.0509. The first kappa shape index (κ1) is 18.7. The second-order valence-electron chi connectivity index (χ2n) is 6.35. The molecule has 0 amide bonds. The van der Waals surface area contributed by atoms with Crippen molar-refractivity contribution in [3.05, 3.63) is 59.7 Å². The van der Waals surface area contributed by atoms with Crippen molar-refractivity contribution in [1.29, 1.82) is 0 Å². The zero-order valence-corrected chi connectivity index (χ0v) is 15.3. The summed E-state index contributed by atoms with van der Waals surface area (Å²) in [5, 5.41) is 11.0. The van der Waals surface area contributed by atoms with Gasteiger partial charge in [0.1, 0.15) is 11.5 Å². The van der Waals surface area contributed by atoms with Crippen LogP contribution in [0.1, 0.15) is 36.0 Å². The number of aliphatic hydroxyl groups is 1. The Kier molecular flexibility index (Phi) is 6.50. The largest absolute Gasteiger partial charge is 0.497 e. The molecule has 1 saturated heterocycles. The number of methoxy groups -OCH3 is 2. The third kappa shape index (κ3) is 4.55. The molecule has 0 aromatic heterocycles. The number of hydrogen-bond acceptors (Lipinski definition) is 5. The Morgan fingerprint density at radius 1 is 0.885 bits per heavy atom. The van der Waals surface area contributed by atoms with Crippen LogP contribution in [0.2, 0.25) is 0 Å². The Balaban J connectivity index is 1.79. The SMILES string of the molecule is COc1ccc([C@H](O)[C@@H](CCC2OCCO2)c2ccc(OC)cc2)cc1. The van der Waals surface area contributed by atoms with Gasteiger partial charge in [-0.3, -0.25) is 0 Å². The van der Waals surface area contributed by atoms with Crippen molar-refractivity contribution in [3.8, 4) is 11.5 Å². The van der Waals surface area contributed by atoms with Crippen LogP contribution in [0.5, 0.6) is 11.5 Å². The molecule has 0 bridgehead atoms. The van der Waals surface area contributed by atoms with E-state index in [0.29, 0.717) is 13.2 Å². The molecule has 2 aromatic rings. The fourth-order valence-electron chi connectivity index (χ4n) is 3.28. The Morgan fingerprint density at radius 2 is 1.38 bits per heavy atom. The van der Waals surface area contributed by atoms with Crippen molar-refractivity contribution in [2.45, 2.75) is 31.2 Å². The zero-order valence-electron chi connectivity index (χ0n) is 15.3. The summed E-state index contributed by atoms with van der Waals surface area (Å²) in [5.74, 6) is 1.51. The summed E-state index contributed by atoms with van der Waals surface area (Å²) in [5.41, 5.74) is 1.92. The first-order valence-electron chi connectivity index (χ1n) is 8.90. The van der Waals surface area contributed by atoms with Gasteiger partial charge in [0.2, 0.25) is 0 Å². The number of ether oxygens (including phenoxy) is 4. The predicted octanol–water partition coefficient (Wildman–Crippen LogP) is 3.67. The van der Waals surface area contributed by atoms with Crippen molar-refractivity contribution in [1.82, 2.24) is 0 Å². The van der Waals surface area contributed by atoms with Crippen LogP contribution in [0.25, 0.3) is 0 Å². The Hall–Kier alpha value is -2.08. The first-order chi connectivity index (χ1) is 12.7. The summed E-state index contributed by atoms with van der Waals surface area (Å²) in [6.07, 6.45) is 0.684. The fraction of sp³-hybridized carbons (Fsp3) is 0.429. The van der Waals surface area contributed by atoms with Crippen LogP contribution in [-0.4, -0.2) is 38.8 Å². The molecule has 0 saturated carbocycles. The van der Waals surface area contributed by atoms with E-state index in [1.807, 2.05) is 48.5 Å². The number of rotatable bonds is 8. The van der Waals surface area contributed by atoms with Gasteiger partial charge in [-0.25, -0.2) is 0 Å². The molecule has 0 spiro atoms. The van der Waals surface area contributed by atoms with Crippen molar-refractivity contribution in [2.24, 2.45) is 0 Å². The van der Waals surface area contributed by atoms with E-state index in [9.17, 15) is 5.11 Å². The van der Waals surface area contributed by atoms with Crippen LogP contribution in [0.15, 0.2) is 48.5 Å². The van der Waals surface area contributed by atoms with Crippen molar-refractivity contribution in [2.75, 3.05) is 27.4 Å². The second kappa shape index (κ2) is 9.03. The Bertz CT molecular complexity index is 662. The molecule has 5 nitrogen and oxygen atoms in total. The van der Waals surface area contributed by atoms with Crippen LogP contribution in [-0.2, 0) is 9.47 Å². The summed E-state index contributed by atoms with van der Waals surface area (Å²) in [6.45, 7) is 1.28. The Morgan fingerprint density at radius 3 is 1.88 bits per heavy atom. The minimum absolute atomic E-state index is 0.0675. The van der Waals surface area contributed by atoms with Crippen LogP contribution in [0.4, 0.5) is 0 Å². The van der Waals surface area contributed by atoms with E-state index in [0.717, 1.165) is 35.5 Å². The highest BCUT2D eigenvalue weighted by atomic mass is 16.7. The lowest BCUT2D eigenvalue weighted by atomic mass is 9.85. The third-order valence-electron chi connectivity index (χ3n) is 4.79. The van der Waals surface area contributed by atoms with E-state index in [4.69, 9.17) is 18.9 Å². The van der Waals surface area contributed by atoms with Gasteiger partial charge in [0, 0.05) is 5.92 Å². The molecule has 1 aliphatic heterocycles. The maximum atomic E-state index is 11.0. The standard InChI is InChI=1S/C21H26O5/c1-23-17-7-3-15(4-8-17)19(11-12-20-25-13-14-26-20)21(22)16-5-9-18(24-2)10-6-16/h3-10,19-22H,11-14H2,1-2H3/t19-,21-/m0/s1. The van der Waals surface area contributed by atoms with E-state index in [2.05, 4.69) is 0 Å². The summed E-state index contributed by atoms with van der Waals surface area (Å²) >= 11 is 0. The van der Waals surface area contributed by atoms with E-state index in [1.165, 1.54) is 0 Å². The molecule has 26 heavy (non-hydrogen) atoms. The van der Waals surface area contributed by atoms with E-state index >= 15 is 0 Å². The minimum Gasteiger partial charge on any atom is -0.497 e. The number of benzene rings is 2. The van der Waals surface area contributed by atoms with Gasteiger partial charge < -0.3 is 24.1 Å². The van der Waals surface area contributed by atoms with Gasteiger partial charge in [-0.1, -0.05) is 24.3 Å². The first-order valence-corrected chi connectivity index (χ1v) is 8.90. The van der Waals surface area contributed by atoms with Gasteiger partial charge in [-0.05, 0) is 48.2 Å². The van der Waals surface area contributed by atoms with Crippen LogP contribution >= 0.6 is 0 Å². The molecule has 1 aliphatic rings. The zero-order chi connectivity index (χ0) is 18.4. The molecule has 0 radical (unpaired) electrons.